The smallest absolute Gasteiger partial charge is 0.338 e. The van der Waals surface area contributed by atoms with Crippen LogP contribution < -0.4 is 5.32 Å². The summed E-state index contributed by atoms with van der Waals surface area (Å²) in [4.78, 5) is 83.5. The zero-order valence-corrected chi connectivity index (χ0v) is 35.2. The predicted molar refractivity (Wildman–Crippen MR) is 218 cm³/mol. The van der Waals surface area contributed by atoms with Gasteiger partial charge in [-0.3, -0.25) is 19.2 Å². The van der Waals surface area contributed by atoms with Crippen LogP contribution >= 0.6 is 0 Å². The Bertz CT molecular complexity index is 2260. The van der Waals surface area contributed by atoms with Crippen molar-refractivity contribution in [2.75, 3.05) is 6.61 Å². The molecule has 7 rings (SSSR count). The average Bonchev–Trinajstić information content (AvgIpc) is 3.23. The Morgan fingerprint density at radius 1 is 0.806 bits per heavy atom. The van der Waals surface area contributed by atoms with Crippen LogP contribution in [0.25, 0.3) is 0 Å². The Morgan fingerprint density at radius 2 is 1.39 bits per heavy atom. The van der Waals surface area contributed by atoms with Gasteiger partial charge in [-0.1, -0.05) is 80.6 Å². The number of Topliss-reactive ketones (excluding diaryl/α,β-unsaturated/α-hetero) is 1. The van der Waals surface area contributed by atoms with E-state index < -0.39 is 113 Å². The van der Waals surface area contributed by atoms with E-state index in [0.29, 0.717) is 5.56 Å². The molecular weight excluding hydrogens is 803 g/mol. The van der Waals surface area contributed by atoms with Gasteiger partial charge < -0.3 is 44.3 Å². The summed E-state index contributed by atoms with van der Waals surface area (Å²) in [5.74, 6) is -8.02. The van der Waals surface area contributed by atoms with Crippen LogP contribution in [0.2, 0.25) is 0 Å². The van der Waals surface area contributed by atoms with Crippen molar-refractivity contribution >= 4 is 35.6 Å². The molecule has 1 heterocycles. The number of hydrogen-bond acceptors (Lipinski definition) is 14. The van der Waals surface area contributed by atoms with Gasteiger partial charge in [-0.25, -0.2) is 9.59 Å². The highest BCUT2D eigenvalue weighted by atomic mass is 16.6. The van der Waals surface area contributed by atoms with Crippen LogP contribution in [-0.2, 0) is 42.9 Å². The first-order valence-corrected chi connectivity index (χ1v) is 20.5. The molecule has 4 aliphatic rings. The molecule has 12 atom stereocenters. The summed E-state index contributed by atoms with van der Waals surface area (Å²) in [5.41, 5.74) is -4.25. The van der Waals surface area contributed by atoms with Crippen molar-refractivity contribution in [2.45, 2.75) is 102 Å². The third kappa shape index (κ3) is 7.50. The lowest BCUT2D eigenvalue weighted by Crippen LogP contribution is -2.80. The fourth-order valence-corrected chi connectivity index (χ4v) is 10.4. The van der Waals surface area contributed by atoms with Gasteiger partial charge in [0.2, 0.25) is 0 Å². The van der Waals surface area contributed by atoms with Crippen molar-refractivity contribution in [3.63, 3.8) is 0 Å². The molecule has 62 heavy (non-hydrogen) atoms. The number of carbonyl (C=O) groups excluding carboxylic acids is 6. The summed E-state index contributed by atoms with van der Waals surface area (Å²) in [6.07, 6.45) is -11.6. The number of nitrogens with one attached hydrogen (secondary N) is 1. The first kappa shape index (κ1) is 44.3. The van der Waals surface area contributed by atoms with E-state index in [0.717, 1.165) is 6.92 Å². The van der Waals surface area contributed by atoms with E-state index in [1.165, 1.54) is 32.9 Å². The highest BCUT2D eigenvalue weighted by molar-refractivity contribution is 5.96. The molecule has 0 aromatic heterocycles. The molecule has 1 saturated heterocycles. The molecule has 3 fully saturated rings. The number of carbonyl (C=O) groups is 6. The average molecular weight is 854 g/mol. The summed E-state index contributed by atoms with van der Waals surface area (Å²) in [7, 11) is 0. The van der Waals surface area contributed by atoms with Gasteiger partial charge in [0.15, 0.2) is 23.6 Å². The Labute approximate surface area is 358 Å². The van der Waals surface area contributed by atoms with Gasteiger partial charge in [-0.15, -0.1) is 0 Å². The second kappa shape index (κ2) is 16.9. The van der Waals surface area contributed by atoms with Crippen LogP contribution in [0.3, 0.4) is 0 Å². The third-order valence-corrected chi connectivity index (χ3v) is 13.3. The van der Waals surface area contributed by atoms with E-state index in [4.69, 9.17) is 23.7 Å². The maximum atomic E-state index is 15.5. The van der Waals surface area contributed by atoms with Crippen molar-refractivity contribution in [1.82, 2.24) is 5.32 Å². The van der Waals surface area contributed by atoms with Crippen LogP contribution in [0.5, 0.6) is 0 Å². The van der Waals surface area contributed by atoms with E-state index in [1.54, 1.807) is 92.7 Å². The Hall–Kier alpha value is -5.74. The molecule has 15 nitrogen and oxygen atoms in total. The number of esters is 4. The molecule has 1 amide bonds. The third-order valence-electron chi connectivity index (χ3n) is 13.3. The molecule has 4 N–H and O–H groups in total. The molecule has 2 unspecified atom stereocenters. The summed E-state index contributed by atoms with van der Waals surface area (Å²) < 4.78 is 30.3. The molecule has 3 aromatic rings. The van der Waals surface area contributed by atoms with E-state index in [9.17, 15) is 39.3 Å². The van der Waals surface area contributed by atoms with Gasteiger partial charge in [0.25, 0.3) is 5.91 Å². The molecule has 0 radical (unpaired) electrons. The van der Waals surface area contributed by atoms with E-state index in [1.807, 2.05) is 0 Å². The number of aliphatic hydroxyl groups is 3. The summed E-state index contributed by atoms with van der Waals surface area (Å²) in [5, 5.41) is 39.3. The minimum absolute atomic E-state index is 0.0866. The highest BCUT2D eigenvalue weighted by Crippen LogP contribution is 2.63. The van der Waals surface area contributed by atoms with E-state index in [2.05, 4.69) is 5.32 Å². The zero-order chi connectivity index (χ0) is 44.9. The van der Waals surface area contributed by atoms with Gasteiger partial charge in [0, 0.05) is 31.7 Å². The lowest BCUT2D eigenvalue weighted by molar-refractivity contribution is -0.337. The van der Waals surface area contributed by atoms with Crippen LogP contribution in [0.1, 0.15) is 80.3 Å². The minimum Gasteiger partial charge on any atom is -0.458 e. The van der Waals surface area contributed by atoms with Crippen LogP contribution in [0.4, 0.5) is 0 Å². The highest BCUT2D eigenvalue weighted by Gasteiger charge is 2.76. The first-order chi connectivity index (χ1) is 29.3. The van der Waals surface area contributed by atoms with E-state index in [-0.39, 0.29) is 35.3 Å². The predicted octanol–water partition coefficient (Wildman–Crippen LogP) is 3.59. The Kier molecular flexibility index (Phi) is 12.0. The molecule has 0 spiro atoms. The first-order valence-electron chi connectivity index (χ1n) is 20.5. The van der Waals surface area contributed by atoms with E-state index >= 15 is 4.79 Å². The molecule has 1 aliphatic heterocycles. The second-order valence-electron chi connectivity index (χ2n) is 17.3. The number of fused-ring (bicyclic) bond motifs is 5. The van der Waals surface area contributed by atoms with Gasteiger partial charge >= 0.3 is 23.9 Å². The van der Waals surface area contributed by atoms with Gasteiger partial charge in [-0.2, -0.15) is 0 Å². The largest absolute Gasteiger partial charge is 0.458 e. The van der Waals surface area contributed by atoms with Crippen molar-refractivity contribution in [3.8, 4) is 0 Å². The maximum Gasteiger partial charge on any atom is 0.338 e. The van der Waals surface area contributed by atoms with Crippen LogP contribution in [0, 0.1) is 22.7 Å². The standard InChI is InChI=1S/C47H51NO14/c1-24-32-39(59-25(2)49)41(54)46(6)30(51)22-31-47(23-58-31,62-26(3)50)40(46)38(61-43(56)29-20-14-9-15-21-29)33(45(32,4)5)35(52)37(24)60-44(57)36(53)34(27-16-10-7-11-17-27)48-42(55)28-18-12-8-13-19-28/h7-21,30-31,33-40,51-53H,22-23H2,1-6H3,(H,48,55)/t30-,31?,33?,34-,35+,36+,37+,38+,39+,40-,46+,47-/m0/s1. The van der Waals surface area contributed by atoms with Crippen LogP contribution in [0.15, 0.2) is 102 Å². The van der Waals surface area contributed by atoms with Crippen molar-refractivity contribution < 1.29 is 67.8 Å². The summed E-state index contributed by atoms with van der Waals surface area (Å²) in [6, 6.07) is 22.9. The molecule has 2 saturated carbocycles. The Morgan fingerprint density at radius 3 is 1.94 bits per heavy atom. The molecule has 15 heteroatoms. The van der Waals surface area contributed by atoms with Gasteiger partial charge in [-0.05, 0) is 60.2 Å². The second-order valence-corrected chi connectivity index (χ2v) is 17.3. The molecule has 2 bridgehead atoms. The number of aliphatic hydroxyl groups excluding tert-OH is 3. The lowest BCUT2D eigenvalue weighted by atomic mass is 9.45. The van der Waals surface area contributed by atoms with Crippen LogP contribution in [-0.4, -0.2) is 106 Å². The molecule has 3 aromatic carbocycles. The van der Waals surface area contributed by atoms with Crippen molar-refractivity contribution in [2.24, 2.45) is 22.7 Å². The number of ketones is 1. The Balaban J connectivity index is 1.39. The summed E-state index contributed by atoms with van der Waals surface area (Å²) >= 11 is 0. The fraction of sp³-hybridized carbons (Fsp3) is 0.447. The number of amides is 1. The maximum absolute atomic E-state index is 15.5. The monoisotopic (exact) mass is 853 g/mol. The number of benzene rings is 3. The SMILES string of the molecule is CC(=O)O[C@H]1C(=O)[C@]2(C)[C@@H](O)CC3OC[C@@]3(OC(C)=O)[C@H]2[C@H](OC(=O)c2ccccc2)C2[C@@H](O)[C@H](OC(=O)[C@H](O)[C@@H](NC(=O)c3ccccc3)c3ccccc3)C(C)=C1C2(C)C. The lowest BCUT2D eigenvalue weighted by Gasteiger charge is -2.66. The van der Waals surface area contributed by atoms with Gasteiger partial charge in [0.05, 0.1) is 35.6 Å². The topological polar surface area (TPSA) is 221 Å². The van der Waals surface area contributed by atoms with Crippen molar-refractivity contribution in [1.29, 1.82) is 0 Å². The van der Waals surface area contributed by atoms with Gasteiger partial charge in [0.1, 0.15) is 24.4 Å². The number of hydrogen-bond donors (Lipinski definition) is 4. The molecular formula is C47H51NO14. The summed E-state index contributed by atoms with van der Waals surface area (Å²) in [6.45, 7) is 8.21. The normalized spacial score (nSPS) is 31.9. The quantitative estimate of drug-likeness (QED) is 0.130. The zero-order valence-electron chi connectivity index (χ0n) is 35.2. The van der Waals surface area contributed by atoms with Crippen molar-refractivity contribution in [3.05, 3.63) is 119 Å². The fourth-order valence-electron chi connectivity index (χ4n) is 10.4. The molecule has 3 aliphatic carbocycles. The number of rotatable bonds is 10. The number of ether oxygens (including phenoxy) is 5. The molecule has 328 valence electrons. The minimum atomic E-state index is -2.07.